The van der Waals surface area contributed by atoms with Crippen LogP contribution in [-0.2, 0) is 86.2 Å². The summed E-state index contributed by atoms with van der Waals surface area (Å²) in [5.41, 5.74) is 5.96. The van der Waals surface area contributed by atoms with Gasteiger partial charge in [0, 0.05) is 16.9 Å². The molecule has 30 saturated heterocycles. The fraction of sp³-hybridized carbons (Fsp3) is 1.00. The molecule has 93 heavy (non-hydrogen) atoms. The Kier molecular flexibility index (Phi) is 27.1. The molecule has 0 spiro atoms. The van der Waals surface area contributed by atoms with Crippen molar-refractivity contribution in [2.45, 2.75) is 246 Å². The van der Waals surface area contributed by atoms with Gasteiger partial charge >= 0.3 is 0 Å². The summed E-state index contributed by atoms with van der Waals surface area (Å²) in [4.78, 5) is 0. The standard InChI is InChI=1S/C48H81NO39.H2O4S/c49-1-9-33-17(57)25(65)41(73-9)82-34-10(2-50)75-43(27(67)19(34)59)84-36-12(4-52)77-45(29(69)21(36)61)86-38-14(6-54)79-47(31(71)23(38)63)88-40-16(8-56)80-48(32(72)24(40)64)87-39-15(7-55)78-46(30(70)22(39)62)85-37-13(5-53)76-44(28(68)20(37)60)83-35-11(3-51)74-42(81-33)26(66)18(35)58;1-5(2,3)4/h9-48,50-72H,1-8,49H2;(H2,1,2,3,4)/p-2/t9-,10-,11-,12-,13-,14-,15-,16-,17-,18+,19-,20-,21-,22+,23-,24-,25-,26+,27-,28+,29-,30+,31-,32-,33-,34-,35-,36-,37-,38-,39-,40-,41-,42-,43-,44-,45-,46-,47-,48-;/m1./s1. The van der Waals surface area contributed by atoms with E-state index < -0.39 is 309 Å². The Bertz CT molecular complexity index is 1950. The van der Waals surface area contributed by atoms with Crippen molar-refractivity contribution >= 4 is 10.4 Å². The predicted octanol–water partition coefficient (Wildman–Crippen LogP) is -18.8. The van der Waals surface area contributed by atoms with E-state index in [1.807, 2.05) is 0 Å². The van der Waals surface area contributed by atoms with Crippen LogP contribution in [0.1, 0.15) is 0 Å². The maximum absolute atomic E-state index is 11.4. The Morgan fingerprint density at radius 2 is 0.333 bits per heavy atom. The third kappa shape index (κ3) is 16.5. The van der Waals surface area contributed by atoms with E-state index in [2.05, 4.69) is 0 Å². The molecule has 45 heteroatoms. The monoisotopic (exact) mass is 1390 g/mol. The van der Waals surface area contributed by atoms with E-state index in [-0.39, 0.29) is 0 Å². The average molecular weight is 1390 g/mol. The van der Waals surface area contributed by atoms with Gasteiger partial charge in [0.2, 0.25) is 0 Å². The van der Waals surface area contributed by atoms with Gasteiger partial charge in [-0.1, -0.05) is 0 Å². The molecular weight excluding hydrogens is 1310 g/mol. The van der Waals surface area contributed by atoms with E-state index in [1.165, 1.54) is 0 Å². The zero-order valence-electron chi connectivity index (χ0n) is 48.2. The number of rotatable bonds is 8. The van der Waals surface area contributed by atoms with E-state index in [0.717, 1.165) is 0 Å². The minimum absolute atomic E-state index is 0.580. The third-order valence-electron chi connectivity index (χ3n) is 16.9. The Morgan fingerprint density at radius 3 is 0.441 bits per heavy atom. The summed E-state index contributed by atoms with van der Waals surface area (Å²) in [6.45, 7) is -8.06. The number of ether oxygens (including phenoxy) is 16. The molecule has 30 fully saturated rings. The van der Waals surface area contributed by atoms with Gasteiger partial charge in [-0.2, -0.15) is 0 Å². The van der Waals surface area contributed by atoms with Gasteiger partial charge in [0.1, 0.15) is 195 Å². The van der Waals surface area contributed by atoms with Gasteiger partial charge < -0.3 is 208 Å². The lowest BCUT2D eigenvalue weighted by molar-refractivity contribution is -0.403. The summed E-state index contributed by atoms with van der Waals surface area (Å²) in [7, 11) is -5.17. The van der Waals surface area contributed by atoms with Gasteiger partial charge in [-0.05, 0) is 0 Å². The first-order chi connectivity index (χ1) is 43.9. The third-order valence-corrected chi connectivity index (χ3v) is 16.9. The summed E-state index contributed by atoms with van der Waals surface area (Å²) in [5, 5.41) is 255. The zero-order valence-corrected chi connectivity index (χ0v) is 49.0. The van der Waals surface area contributed by atoms with Crippen LogP contribution < -0.4 is 5.73 Å². The lowest BCUT2D eigenvalue weighted by Gasteiger charge is -2.50. The summed E-state index contributed by atoms with van der Waals surface area (Å²) < 4.78 is 126. The quantitative estimate of drug-likeness (QED) is 0.0793. The molecule has 0 saturated carbocycles. The molecule has 0 unspecified atom stereocenters. The maximum Gasteiger partial charge on any atom is 0.187 e. The van der Waals surface area contributed by atoms with Crippen molar-refractivity contribution in [3.63, 3.8) is 0 Å². The van der Waals surface area contributed by atoms with Crippen molar-refractivity contribution in [3.8, 4) is 0 Å². The van der Waals surface area contributed by atoms with Crippen LogP contribution in [0, 0.1) is 0 Å². The lowest BCUT2D eigenvalue weighted by atomic mass is 9.94. The molecule has 0 aromatic rings. The highest BCUT2D eigenvalue weighted by molar-refractivity contribution is 7.79. The zero-order chi connectivity index (χ0) is 68.6. The second kappa shape index (κ2) is 32.7. The van der Waals surface area contributed by atoms with Crippen LogP contribution in [0.25, 0.3) is 0 Å². The van der Waals surface area contributed by atoms with Crippen LogP contribution in [0.3, 0.4) is 0 Å². The largest absolute Gasteiger partial charge is 0.759 e. The molecule has 544 valence electrons. The van der Waals surface area contributed by atoms with Gasteiger partial charge in [-0.3, -0.25) is 8.42 Å². The maximum atomic E-state index is 11.4. The minimum Gasteiger partial charge on any atom is -0.759 e. The van der Waals surface area contributed by atoms with E-state index in [1.54, 1.807) is 0 Å². The first-order valence-electron chi connectivity index (χ1n) is 28.9. The van der Waals surface area contributed by atoms with E-state index in [9.17, 15) is 117 Å². The number of hydrogen-bond donors (Lipinski definition) is 24. The molecular formula is C48H81NO43S-2. The fourth-order valence-corrected chi connectivity index (χ4v) is 11.9. The summed E-state index contributed by atoms with van der Waals surface area (Å²) in [6.07, 6.45) is -80.9. The van der Waals surface area contributed by atoms with E-state index in [4.69, 9.17) is 99.0 Å². The minimum atomic E-state index is -5.17. The van der Waals surface area contributed by atoms with Gasteiger partial charge in [0.05, 0.1) is 46.2 Å². The topological polar surface area (TPSA) is 719 Å². The molecule has 40 atom stereocenters. The summed E-state index contributed by atoms with van der Waals surface area (Å²) in [5.74, 6) is 0. The second-order valence-corrected chi connectivity index (χ2v) is 23.7. The Balaban J connectivity index is 0.00000214. The van der Waals surface area contributed by atoms with Crippen molar-refractivity contribution in [1.29, 1.82) is 0 Å². The van der Waals surface area contributed by atoms with Crippen molar-refractivity contribution in [2.24, 2.45) is 5.73 Å². The first-order valence-corrected chi connectivity index (χ1v) is 30.2. The molecule has 30 heterocycles. The van der Waals surface area contributed by atoms with Crippen LogP contribution >= 0.6 is 0 Å². The van der Waals surface area contributed by atoms with Crippen molar-refractivity contribution in [2.75, 3.05) is 52.8 Å². The average Bonchev–Trinajstić information content (AvgIpc) is 0.828. The SMILES string of the molecule is NC[C@H]1O[C@@H]2O[C@H]3[C@H](O)[C@@H](O)[C@@H](O[C@H]4[C@H](O)[C@@H](O)[C@@H](O[C@H]5[C@H](O)[C@@H](O)[C@@H](O[C@H]6[C@H](O)[C@@H](O)[C@@H](O[C@H]7[C@@H](O)[C@H](O)[C@@H](O[C@H]8[C@H](O)[C@H](O)[C@@H](O[C@H]9[C@@H](O)[C@H](O)[C@@H](O[C@H]1[C@H](O)[C@H]2O)O[C@@H]9CO)O[C@@H]8CO)O[C@@H]7CO)O[C@@H]6CO)O[C@@H]5CO)O[C@@H]4CO)O[C@@H]3CO.O=S(=O)([O-])[O-]. The molecule has 44 nitrogen and oxygen atoms in total. The summed E-state index contributed by atoms with van der Waals surface area (Å²) in [6, 6.07) is 0. The normalized spacial score (nSPS) is 53.0. The number of nitrogens with two attached hydrogens (primary N) is 1. The molecule has 0 aromatic carbocycles. The molecule has 25 N–H and O–H groups in total. The highest BCUT2D eigenvalue weighted by Crippen LogP contribution is 2.40. The molecule has 30 aliphatic heterocycles. The molecule has 16 bridgehead atoms. The molecule has 0 amide bonds. The molecule has 30 aliphatic rings. The molecule has 0 aliphatic carbocycles. The second-order valence-electron chi connectivity index (χ2n) is 22.9. The van der Waals surface area contributed by atoms with Gasteiger partial charge in [-0.25, -0.2) is 0 Å². The lowest BCUT2D eigenvalue weighted by Crippen LogP contribution is -2.69. The van der Waals surface area contributed by atoms with Crippen LogP contribution in [0.5, 0.6) is 0 Å². The number of aliphatic hydroxyl groups excluding tert-OH is 23. The molecule has 0 radical (unpaired) electrons. The summed E-state index contributed by atoms with van der Waals surface area (Å²) >= 11 is 0. The van der Waals surface area contributed by atoms with Crippen molar-refractivity contribution in [1.82, 2.24) is 0 Å². The Labute approximate surface area is 524 Å². The van der Waals surface area contributed by atoms with Gasteiger partial charge in [0.25, 0.3) is 0 Å². The van der Waals surface area contributed by atoms with E-state index in [0.29, 0.717) is 0 Å². The van der Waals surface area contributed by atoms with Crippen LogP contribution in [0.15, 0.2) is 0 Å². The first kappa shape index (κ1) is 77.0. The smallest absolute Gasteiger partial charge is 0.187 e. The molecule has 30 rings (SSSR count). The predicted molar refractivity (Wildman–Crippen MR) is 274 cm³/mol. The van der Waals surface area contributed by atoms with Gasteiger partial charge in [-0.15, -0.1) is 0 Å². The number of aliphatic hydroxyl groups is 23. The van der Waals surface area contributed by atoms with E-state index >= 15 is 0 Å². The van der Waals surface area contributed by atoms with Crippen molar-refractivity contribution in [3.05, 3.63) is 0 Å². The van der Waals surface area contributed by atoms with Crippen LogP contribution in [0.4, 0.5) is 0 Å². The highest BCUT2D eigenvalue weighted by Gasteiger charge is 2.60. The fourth-order valence-electron chi connectivity index (χ4n) is 11.9. The van der Waals surface area contributed by atoms with Crippen LogP contribution in [0.2, 0.25) is 0 Å². The number of hydrogen-bond acceptors (Lipinski definition) is 44. The molecule has 0 aromatic heterocycles. The highest BCUT2D eigenvalue weighted by atomic mass is 32.3. The van der Waals surface area contributed by atoms with Crippen molar-refractivity contribution < 1.29 is 211 Å². The van der Waals surface area contributed by atoms with Gasteiger partial charge in [0.15, 0.2) is 50.3 Å². The Morgan fingerprint density at radius 1 is 0.226 bits per heavy atom. The van der Waals surface area contributed by atoms with Crippen LogP contribution in [-0.4, -0.2) is 433 Å². The Hall–Kier alpha value is -1.73.